The Bertz CT molecular complexity index is 1630. The van der Waals surface area contributed by atoms with E-state index in [0.717, 1.165) is 41.1 Å². The monoisotopic (exact) mass is 544 g/mol. The number of benzene rings is 2. The van der Waals surface area contributed by atoms with Crippen molar-refractivity contribution in [2.24, 2.45) is 4.99 Å². The Balaban J connectivity index is 1.31. The minimum atomic E-state index is -3.55. The van der Waals surface area contributed by atoms with Crippen LogP contribution in [-0.2, 0) is 19.6 Å². The number of aromatic nitrogens is 2. The molecule has 10 heteroatoms. The van der Waals surface area contributed by atoms with Gasteiger partial charge in [-0.25, -0.2) is 22.9 Å². The minimum absolute atomic E-state index is 0.135. The van der Waals surface area contributed by atoms with Crippen molar-refractivity contribution in [2.75, 3.05) is 13.1 Å². The molecule has 1 fully saturated rings. The molecule has 0 radical (unpaired) electrons. The molecular formula is C28H24N4O4S2. The number of nitrogens with zero attached hydrogens (tertiary/aromatic N) is 4. The number of carbonyl (C=O) groups excluding carboxylic acids is 1. The molecule has 4 heterocycles. The molecule has 1 saturated heterocycles. The average molecular weight is 545 g/mol. The predicted octanol–water partition coefficient (Wildman–Crippen LogP) is 5.12. The van der Waals surface area contributed by atoms with Gasteiger partial charge in [0.2, 0.25) is 15.9 Å². The van der Waals surface area contributed by atoms with Gasteiger partial charge in [0.1, 0.15) is 5.69 Å². The van der Waals surface area contributed by atoms with Gasteiger partial charge >= 0.3 is 5.97 Å². The van der Waals surface area contributed by atoms with Gasteiger partial charge in [-0.1, -0.05) is 30.7 Å². The van der Waals surface area contributed by atoms with E-state index in [2.05, 4.69) is 4.99 Å². The summed E-state index contributed by atoms with van der Waals surface area (Å²) in [7, 11) is -3.55. The maximum atomic E-state index is 13.0. The Kier molecular flexibility index (Phi) is 6.52. The molecule has 8 nitrogen and oxygen atoms in total. The maximum Gasteiger partial charge on any atom is 0.363 e. The van der Waals surface area contributed by atoms with Crippen molar-refractivity contribution in [2.45, 2.75) is 24.2 Å². The largest absolute Gasteiger partial charge is 0.402 e. The number of para-hydroxylation sites is 1. The number of sulfonamides is 1. The summed E-state index contributed by atoms with van der Waals surface area (Å²) in [6.45, 7) is 1.08. The first-order chi connectivity index (χ1) is 18.5. The lowest BCUT2D eigenvalue weighted by molar-refractivity contribution is -0.129. The second-order valence-electron chi connectivity index (χ2n) is 9.02. The van der Waals surface area contributed by atoms with Crippen LogP contribution in [0.15, 0.2) is 93.9 Å². The lowest BCUT2D eigenvalue weighted by Gasteiger charge is -2.25. The quantitative estimate of drug-likeness (QED) is 0.248. The highest BCUT2D eigenvalue weighted by molar-refractivity contribution is 7.89. The van der Waals surface area contributed by atoms with Crippen molar-refractivity contribution in [1.29, 1.82) is 0 Å². The van der Waals surface area contributed by atoms with Crippen LogP contribution in [0.2, 0.25) is 0 Å². The van der Waals surface area contributed by atoms with Crippen LogP contribution in [-0.4, -0.2) is 47.5 Å². The molecule has 0 amide bonds. The molecule has 2 aliphatic rings. The van der Waals surface area contributed by atoms with Gasteiger partial charge in [0.25, 0.3) is 0 Å². The Labute approximate surface area is 224 Å². The van der Waals surface area contributed by atoms with Gasteiger partial charge in [0.15, 0.2) is 5.70 Å². The standard InChI is InChI=1S/C28H24N4O4S2/c33-28-24(18-21-19-32(22-8-3-1-4-9-22)30-26(21)25-10-7-17-37-25)29-27(36-28)20-11-13-23(14-12-20)38(34,35)31-15-5-2-6-16-31/h1,3-4,7-14,17-19H,2,5-6,15-16H2/b24-18+. The van der Waals surface area contributed by atoms with E-state index in [4.69, 9.17) is 9.84 Å². The Morgan fingerprint density at radius 2 is 1.68 bits per heavy atom. The molecule has 0 atom stereocenters. The van der Waals surface area contributed by atoms with E-state index in [1.165, 1.54) is 16.4 Å². The topological polar surface area (TPSA) is 93.9 Å². The van der Waals surface area contributed by atoms with Crippen LogP contribution in [0.25, 0.3) is 22.3 Å². The second-order valence-corrected chi connectivity index (χ2v) is 11.9. The first-order valence-corrected chi connectivity index (χ1v) is 14.6. The number of hydrogen-bond acceptors (Lipinski definition) is 7. The van der Waals surface area contributed by atoms with Crippen LogP contribution in [0.3, 0.4) is 0 Å². The molecule has 0 unspecified atom stereocenters. The van der Waals surface area contributed by atoms with E-state index in [-0.39, 0.29) is 16.5 Å². The zero-order valence-electron chi connectivity index (χ0n) is 20.4. The number of piperidine rings is 1. The molecule has 192 valence electrons. The zero-order valence-corrected chi connectivity index (χ0v) is 22.0. The van der Waals surface area contributed by atoms with Crippen LogP contribution in [0, 0.1) is 0 Å². The van der Waals surface area contributed by atoms with Gasteiger partial charge in [-0.2, -0.15) is 9.40 Å². The zero-order chi connectivity index (χ0) is 26.1. The minimum Gasteiger partial charge on any atom is -0.402 e. The number of carbonyl (C=O) groups is 1. The molecule has 0 aliphatic carbocycles. The summed E-state index contributed by atoms with van der Waals surface area (Å²) in [4.78, 5) is 18.4. The van der Waals surface area contributed by atoms with Gasteiger partial charge in [-0.3, -0.25) is 0 Å². The fourth-order valence-corrected chi connectivity index (χ4v) is 6.76. The summed E-state index contributed by atoms with van der Waals surface area (Å²) in [6, 6.07) is 20.0. The molecule has 0 bridgehead atoms. The van der Waals surface area contributed by atoms with E-state index >= 15 is 0 Å². The lowest BCUT2D eigenvalue weighted by Crippen LogP contribution is -2.35. The number of ether oxygens (including phenoxy) is 1. The van der Waals surface area contributed by atoms with E-state index in [1.807, 2.05) is 54.0 Å². The Hall–Kier alpha value is -3.86. The summed E-state index contributed by atoms with van der Waals surface area (Å²) in [5, 5.41) is 6.73. The van der Waals surface area contributed by atoms with E-state index in [9.17, 15) is 13.2 Å². The molecule has 0 N–H and O–H groups in total. The van der Waals surface area contributed by atoms with Crippen molar-refractivity contribution >= 4 is 39.3 Å². The molecule has 2 aromatic carbocycles. The summed E-state index contributed by atoms with van der Waals surface area (Å²) < 4.78 is 34.7. The highest BCUT2D eigenvalue weighted by atomic mass is 32.2. The Morgan fingerprint density at radius 1 is 0.921 bits per heavy atom. The predicted molar refractivity (Wildman–Crippen MR) is 147 cm³/mol. The van der Waals surface area contributed by atoms with Gasteiger partial charge in [-0.15, -0.1) is 11.3 Å². The lowest BCUT2D eigenvalue weighted by atomic mass is 10.2. The smallest absolute Gasteiger partial charge is 0.363 e. The molecule has 4 aromatic rings. The van der Waals surface area contributed by atoms with Crippen molar-refractivity contribution in [3.63, 3.8) is 0 Å². The van der Waals surface area contributed by atoms with Crippen LogP contribution in [0.5, 0.6) is 0 Å². The maximum absolute atomic E-state index is 13.0. The van der Waals surface area contributed by atoms with Gasteiger partial charge in [0.05, 0.1) is 15.5 Å². The number of rotatable bonds is 6. The number of thiophene rings is 1. The highest BCUT2D eigenvalue weighted by Crippen LogP contribution is 2.31. The average Bonchev–Trinajstić information content (AvgIpc) is 3.71. The van der Waals surface area contributed by atoms with Gasteiger partial charge in [-0.05, 0) is 66.8 Å². The molecular weight excluding hydrogens is 520 g/mol. The van der Waals surface area contributed by atoms with Gasteiger partial charge < -0.3 is 4.74 Å². The normalized spacial score (nSPS) is 17.5. The van der Waals surface area contributed by atoms with Crippen LogP contribution >= 0.6 is 11.3 Å². The van der Waals surface area contributed by atoms with Crippen LogP contribution in [0.4, 0.5) is 0 Å². The third kappa shape index (κ3) is 4.73. The van der Waals surface area contributed by atoms with Gasteiger partial charge in [0, 0.05) is 30.4 Å². The summed E-state index contributed by atoms with van der Waals surface area (Å²) >= 11 is 1.56. The number of esters is 1. The van der Waals surface area contributed by atoms with Crippen molar-refractivity contribution in [3.05, 3.63) is 95.1 Å². The molecule has 2 aliphatic heterocycles. The van der Waals surface area contributed by atoms with E-state index in [1.54, 1.807) is 34.2 Å². The first kappa shape index (κ1) is 24.5. The fraction of sp³-hybridized carbons (Fsp3) is 0.179. The van der Waals surface area contributed by atoms with E-state index in [0.29, 0.717) is 18.7 Å². The molecule has 2 aromatic heterocycles. The van der Waals surface area contributed by atoms with Crippen molar-refractivity contribution in [1.82, 2.24) is 14.1 Å². The third-order valence-electron chi connectivity index (χ3n) is 6.48. The van der Waals surface area contributed by atoms with Crippen LogP contribution in [0.1, 0.15) is 30.4 Å². The number of hydrogen-bond donors (Lipinski definition) is 0. The molecule has 6 rings (SSSR count). The Morgan fingerprint density at radius 3 is 2.39 bits per heavy atom. The summed E-state index contributed by atoms with van der Waals surface area (Å²) in [5.41, 5.74) is 3.04. The SMILES string of the molecule is O=C1OC(c2ccc(S(=O)(=O)N3CCCCC3)cc2)=N/C1=C/c1cn(-c2ccccc2)nc1-c1cccs1. The van der Waals surface area contributed by atoms with Crippen molar-refractivity contribution in [3.8, 4) is 16.3 Å². The molecule has 0 spiro atoms. The molecule has 38 heavy (non-hydrogen) atoms. The number of cyclic esters (lactones) is 1. The summed E-state index contributed by atoms with van der Waals surface area (Å²) in [6.07, 6.45) is 6.33. The fourth-order valence-electron chi connectivity index (χ4n) is 4.51. The third-order valence-corrected chi connectivity index (χ3v) is 9.27. The summed E-state index contributed by atoms with van der Waals surface area (Å²) in [5.74, 6) is -0.439. The second kappa shape index (κ2) is 10.1. The van der Waals surface area contributed by atoms with Crippen LogP contribution < -0.4 is 0 Å². The van der Waals surface area contributed by atoms with E-state index < -0.39 is 16.0 Å². The van der Waals surface area contributed by atoms with Crippen molar-refractivity contribution < 1.29 is 17.9 Å². The number of aliphatic imine (C=N–C) groups is 1. The molecule has 0 saturated carbocycles. The highest BCUT2D eigenvalue weighted by Gasteiger charge is 2.28. The first-order valence-electron chi connectivity index (χ1n) is 12.3.